The smallest absolute Gasteiger partial charge is 0.124 e. The molecule has 0 saturated carbocycles. The van der Waals surface area contributed by atoms with Crippen LogP contribution in [0.3, 0.4) is 0 Å². The minimum atomic E-state index is 0.172. The van der Waals surface area contributed by atoms with Gasteiger partial charge in [0, 0.05) is 12.0 Å². The summed E-state index contributed by atoms with van der Waals surface area (Å²) in [6, 6.07) is 9.12. The van der Waals surface area contributed by atoms with Gasteiger partial charge in [-0.15, -0.1) is 23.5 Å². The van der Waals surface area contributed by atoms with Crippen molar-refractivity contribution in [2.45, 2.75) is 10.5 Å². The van der Waals surface area contributed by atoms with E-state index in [1.165, 1.54) is 5.56 Å². The van der Waals surface area contributed by atoms with Crippen LogP contribution in [0.1, 0.15) is 12.0 Å². The molecule has 1 heterocycles. The molecule has 75 valence electrons. The van der Waals surface area contributed by atoms with E-state index < -0.39 is 0 Å². The van der Waals surface area contributed by atoms with Crippen molar-refractivity contribution in [1.82, 2.24) is 0 Å². The second-order valence-corrected chi connectivity index (χ2v) is 5.65. The van der Waals surface area contributed by atoms with Crippen molar-refractivity contribution < 1.29 is 4.74 Å². The van der Waals surface area contributed by atoms with E-state index in [1.807, 2.05) is 35.7 Å². The summed E-state index contributed by atoms with van der Waals surface area (Å²) in [7, 11) is 0. The lowest BCUT2D eigenvalue weighted by atomic mass is 10.1. The van der Waals surface area contributed by atoms with Crippen LogP contribution in [0.15, 0.2) is 18.2 Å². The minimum absolute atomic E-state index is 0.172. The number of fused-ring (bicyclic) bond motifs is 1. The highest BCUT2D eigenvalue weighted by molar-refractivity contribution is 8.16. The average Bonchev–Trinajstić information content (AvgIpc) is 2.28. The van der Waals surface area contributed by atoms with Gasteiger partial charge in [-0.25, -0.2) is 0 Å². The van der Waals surface area contributed by atoms with Gasteiger partial charge in [-0.2, -0.15) is 0 Å². The predicted molar refractivity (Wildman–Crippen MR) is 64.1 cm³/mol. The fraction of sp³-hybridized carbons (Fsp3) is 0.455. The van der Waals surface area contributed by atoms with Crippen molar-refractivity contribution in [3.05, 3.63) is 29.8 Å². The first-order valence-electron chi connectivity index (χ1n) is 4.56. The summed E-state index contributed by atoms with van der Waals surface area (Å²) < 4.78 is 5.81. The maximum atomic E-state index is 5.64. The Balaban J connectivity index is 2.48. The van der Waals surface area contributed by atoms with Crippen LogP contribution in [-0.2, 0) is 4.08 Å². The van der Waals surface area contributed by atoms with Crippen LogP contribution >= 0.6 is 23.5 Å². The Morgan fingerprint density at radius 1 is 1.43 bits per heavy atom. The van der Waals surface area contributed by atoms with E-state index in [9.17, 15) is 0 Å². The summed E-state index contributed by atoms with van der Waals surface area (Å²) in [5, 5.41) is 0. The summed E-state index contributed by atoms with van der Waals surface area (Å²) in [5.41, 5.74) is 1.28. The third-order valence-electron chi connectivity index (χ3n) is 2.58. The fourth-order valence-electron chi connectivity index (χ4n) is 1.78. The van der Waals surface area contributed by atoms with Gasteiger partial charge >= 0.3 is 0 Å². The van der Waals surface area contributed by atoms with Gasteiger partial charge in [0.05, 0.1) is 10.7 Å². The van der Waals surface area contributed by atoms with Crippen molar-refractivity contribution in [2.24, 2.45) is 0 Å². The first-order valence-corrected chi connectivity index (χ1v) is 7.01. The first-order chi connectivity index (χ1) is 6.82. The zero-order chi connectivity index (χ0) is 10.0. The zero-order valence-electron chi connectivity index (χ0n) is 8.37. The fourth-order valence-corrected chi connectivity index (χ4v) is 3.78. The second-order valence-electron chi connectivity index (χ2n) is 3.18. The summed E-state index contributed by atoms with van der Waals surface area (Å²) >= 11 is 3.80. The molecule has 0 spiro atoms. The van der Waals surface area contributed by atoms with Crippen LogP contribution in [0.4, 0.5) is 0 Å². The molecule has 2 rings (SSSR count). The number of thioether (sulfide) groups is 2. The molecule has 1 aromatic carbocycles. The highest BCUT2D eigenvalue weighted by Crippen LogP contribution is 2.52. The van der Waals surface area contributed by atoms with Crippen molar-refractivity contribution in [1.29, 1.82) is 0 Å². The molecule has 0 aromatic heterocycles. The lowest BCUT2D eigenvalue weighted by Gasteiger charge is -2.35. The van der Waals surface area contributed by atoms with Crippen LogP contribution < -0.4 is 4.74 Å². The Labute approximate surface area is 93.6 Å². The molecule has 0 atom stereocenters. The molecule has 0 N–H and O–H groups in total. The molecule has 0 saturated heterocycles. The van der Waals surface area contributed by atoms with Gasteiger partial charge in [0.25, 0.3) is 0 Å². The maximum Gasteiger partial charge on any atom is 0.124 e. The van der Waals surface area contributed by atoms with Crippen LogP contribution in [-0.4, -0.2) is 19.1 Å². The quantitative estimate of drug-likeness (QED) is 0.716. The molecule has 14 heavy (non-hydrogen) atoms. The summed E-state index contributed by atoms with van der Waals surface area (Å²) in [6.45, 7) is 0.818. The van der Waals surface area contributed by atoms with Crippen molar-refractivity contribution in [3.63, 3.8) is 0 Å². The van der Waals surface area contributed by atoms with E-state index in [2.05, 4.69) is 24.6 Å². The lowest BCUT2D eigenvalue weighted by molar-refractivity contribution is 0.280. The van der Waals surface area contributed by atoms with Crippen molar-refractivity contribution in [2.75, 3.05) is 19.1 Å². The second kappa shape index (κ2) is 4.07. The highest BCUT2D eigenvalue weighted by Gasteiger charge is 2.36. The molecular formula is C11H13OS2. The van der Waals surface area contributed by atoms with Gasteiger partial charge in [0.2, 0.25) is 0 Å². The SMILES string of the molecule is CSC1(SC)CCOc2cc[c]cc21. The molecule has 1 aliphatic heterocycles. The van der Waals surface area contributed by atoms with E-state index in [4.69, 9.17) is 4.74 Å². The molecule has 0 amide bonds. The molecule has 1 nitrogen and oxygen atoms in total. The Morgan fingerprint density at radius 2 is 2.21 bits per heavy atom. The van der Waals surface area contributed by atoms with Crippen LogP contribution in [0, 0.1) is 6.07 Å². The van der Waals surface area contributed by atoms with Gasteiger partial charge in [-0.1, -0.05) is 6.07 Å². The third-order valence-corrected chi connectivity index (χ3v) is 5.75. The summed E-state index contributed by atoms with van der Waals surface area (Å²) in [6.07, 6.45) is 5.40. The zero-order valence-corrected chi connectivity index (χ0v) is 10.0. The van der Waals surface area contributed by atoms with E-state index in [1.54, 1.807) is 0 Å². The monoisotopic (exact) mass is 225 g/mol. The van der Waals surface area contributed by atoms with Gasteiger partial charge in [-0.05, 0) is 30.7 Å². The number of ether oxygens (including phenoxy) is 1. The van der Waals surface area contributed by atoms with Crippen molar-refractivity contribution >= 4 is 23.5 Å². The Morgan fingerprint density at radius 3 is 2.93 bits per heavy atom. The number of rotatable bonds is 2. The van der Waals surface area contributed by atoms with Crippen LogP contribution in [0.5, 0.6) is 5.75 Å². The molecule has 1 radical (unpaired) electrons. The lowest BCUT2D eigenvalue weighted by Crippen LogP contribution is -2.26. The van der Waals surface area contributed by atoms with E-state index >= 15 is 0 Å². The molecule has 0 bridgehead atoms. The van der Waals surface area contributed by atoms with Crippen LogP contribution in [0.2, 0.25) is 0 Å². The third kappa shape index (κ3) is 1.52. The van der Waals surface area contributed by atoms with Crippen molar-refractivity contribution in [3.8, 4) is 5.75 Å². The van der Waals surface area contributed by atoms with Crippen LogP contribution in [0.25, 0.3) is 0 Å². The van der Waals surface area contributed by atoms with Gasteiger partial charge in [-0.3, -0.25) is 0 Å². The van der Waals surface area contributed by atoms with E-state index in [-0.39, 0.29) is 4.08 Å². The topological polar surface area (TPSA) is 9.23 Å². The van der Waals surface area contributed by atoms with Gasteiger partial charge < -0.3 is 4.74 Å². The summed E-state index contributed by atoms with van der Waals surface area (Å²) in [5.74, 6) is 1.03. The predicted octanol–water partition coefficient (Wildman–Crippen LogP) is 3.15. The molecule has 0 unspecified atom stereocenters. The molecule has 0 aliphatic carbocycles. The molecular weight excluding hydrogens is 212 g/mol. The molecule has 1 aromatic rings. The van der Waals surface area contributed by atoms with Gasteiger partial charge in [0.1, 0.15) is 5.75 Å². The van der Waals surface area contributed by atoms with E-state index in [0.29, 0.717) is 0 Å². The average molecular weight is 225 g/mol. The molecule has 0 fully saturated rings. The summed E-state index contributed by atoms with van der Waals surface area (Å²) in [4.78, 5) is 0. The molecule has 1 aliphatic rings. The number of hydrogen-bond donors (Lipinski definition) is 0. The van der Waals surface area contributed by atoms with Gasteiger partial charge in [0.15, 0.2) is 0 Å². The highest BCUT2D eigenvalue weighted by atomic mass is 32.2. The Kier molecular flexibility index (Phi) is 2.98. The Bertz CT molecular complexity index is 321. The minimum Gasteiger partial charge on any atom is -0.493 e. The normalized spacial score (nSPS) is 18.4. The molecule has 3 heteroatoms. The number of benzene rings is 1. The number of hydrogen-bond acceptors (Lipinski definition) is 3. The Hall–Kier alpha value is -0.280. The maximum absolute atomic E-state index is 5.64. The van der Waals surface area contributed by atoms with E-state index in [0.717, 1.165) is 18.8 Å². The largest absolute Gasteiger partial charge is 0.493 e. The first kappa shape index (κ1) is 10.2. The standard InChI is InChI=1S/C11H13OS2/c1-13-11(14-2)7-8-12-10-6-4-3-5-9(10)11/h4-6H,7-8H2,1-2H3.